The number of carbonyl (C=O) groups excluding carboxylic acids is 4. The van der Waals surface area contributed by atoms with E-state index >= 15 is 0 Å². The van der Waals surface area contributed by atoms with E-state index in [-0.39, 0.29) is 35.6 Å². The molecule has 0 heterocycles. The van der Waals surface area contributed by atoms with Gasteiger partial charge in [0.2, 0.25) is 0 Å². The molecule has 1 aromatic rings. The van der Waals surface area contributed by atoms with Crippen molar-refractivity contribution < 1.29 is 38.1 Å². The lowest BCUT2D eigenvalue weighted by atomic mass is 9.82. The minimum atomic E-state index is -0.429. The summed E-state index contributed by atoms with van der Waals surface area (Å²) in [6.07, 6.45) is 8.20. The van der Waals surface area contributed by atoms with E-state index in [0.29, 0.717) is 56.0 Å². The van der Waals surface area contributed by atoms with Crippen LogP contribution in [0.3, 0.4) is 0 Å². The molecule has 0 spiro atoms. The summed E-state index contributed by atoms with van der Waals surface area (Å²) in [7, 11) is 0. The monoisotopic (exact) mass is 512 g/mol. The fraction of sp³-hybridized carbons (Fsp3) is 0.517. The van der Waals surface area contributed by atoms with Crippen LogP contribution in [0.15, 0.2) is 43.5 Å². The molecule has 0 unspecified atom stereocenters. The molecule has 3 rings (SSSR count). The third kappa shape index (κ3) is 8.58. The van der Waals surface area contributed by atoms with E-state index in [2.05, 4.69) is 13.2 Å². The minimum absolute atomic E-state index is 0.195. The maximum atomic E-state index is 12.7. The summed E-state index contributed by atoms with van der Waals surface area (Å²) in [5, 5.41) is 0. The Morgan fingerprint density at radius 2 is 1.22 bits per heavy atom. The van der Waals surface area contributed by atoms with Crippen LogP contribution in [-0.2, 0) is 28.7 Å². The molecule has 2 aliphatic carbocycles. The number of esters is 4. The first kappa shape index (κ1) is 28.2. The Bertz CT molecular complexity index is 997. The number of rotatable bonds is 10. The SMILES string of the molecule is C=CC(=O)OCC1CCC(C(=O)Oc2ccc(OC(=O)C3CCC(COC(=O)C=C)CC3)c(C)c2)CC1. The van der Waals surface area contributed by atoms with E-state index in [1.807, 2.05) is 0 Å². The minimum Gasteiger partial charge on any atom is -0.462 e. The summed E-state index contributed by atoms with van der Waals surface area (Å²) >= 11 is 0. The van der Waals surface area contributed by atoms with Crippen molar-refractivity contribution in [2.24, 2.45) is 23.7 Å². The molecule has 0 N–H and O–H groups in total. The predicted octanol–water partition coefficient (Wildman–Crippen LogP) is 4.88. The molecule has 8 heteroatoms. The van der Waals surface area contributed by atoms with Gasteiger partial charge in [0.1, 0.15) is 11.5 Å². The summed E-state index contributed by atoms with van der Waals surface area (Å²) in [4.78, 5) is 47.8. The van der Waals surface area contributed by atoms with E-state index in [0.717, 1.165) is 37.8 Å². The highest BCUT2D eigenvalue weighted by molar-refractivity contribution is 5.81. The smallest absolute Gasteiger partial charge is 0.330 e. The number of ether oxygens (including phenoxy) is 4. The van der Waals surface area contributed by atoms with Gasteiger partial charge < -0.3 is 18.9 Å². The molecule has 2 saturated carbocycles. The van der Waals surface area contributed by atoms with E-state index in [1.165, 1.54) is 0 Å². The first-order chi connectivity index (χ1) is 17.8. The van der Waals surface area contributed by atoms with Crippen molar-refractivity contribution in [2.75, 3.05) is 13.2 Å². The van der Waals surface area contributed by atoms with Crippen molar-refractivity contribution in [1.82, 2.24) is 0 Å². The molecule has 0 amide bonds. The maximum absolute atomic E-state index is 12.7. The number of benzene rings is 1. The second kappa shape index (κ2) is 13.8. The van der Waals surface area contributed by atoms with Gasteiger partial charge in [-0.15, -0.1) is 0 Å². The third-order valence-electron chi connectivity index (χ3n) is 7.19. The van der Waals surface area contributed by atoms with E-state index < -0.39 is 11.9 Å². The zero-order chi connectivity index (χ0) is 26.8. The Morgan fingerprint density at radius 3 is 1.65 bits per heavy atom. The van der Waals surface area contributed by atoms with Gasteiger partial charge in [-0.2, -0.15) is 0 Å². The molecule has 0 atom stereocenters. The van der Waals surface area contributed by atoms with Crippen LogP contribution in [0, 0.1) is 30.6 Å². The standard InChI is InChI=1S/C29H36O8/c1-4-26(30)34-17-20-6-10-22(11-7-20)28(32)36-24-14-15-25(19(3)16-24)37-29(33)23-12-8-21(9-13-23)18-35-27(31)5-2/h4-5,14-16,20-23H,1-2,6-13,17-18H2,3H3. The lowest BCUT2D eigenvalue weighted by Gasteiger charge is -2.27. The van der Waals surface area contributed by atoms with Gasteiger partial charge in [0, 0.05) is 12.2 Å². The summed E-state index contributed by atoms with van der Waals surface area (Å²) in [6, 6.07) is 4.99. The van der Waals surface area contributed by atoms with Gasteiger partial charge in [0.15, 0.2) is 0 Å². The lowest BCUT2D eigenvalue weighted by Crippen LogP contribution is -2.28. The zero-order valence-electron chi connectivity index (χ0n) is 21.4. The number of hydrogen-bond donors (Lipinski definition) is 0. The van der Waals surface area contributed by atoms with Gasteiger partial charge in [0.25, 0.3) is 0 Å². The fourth-order valence-electron chi connectivity index (χ4n) is 4.84. The molecule has 0 saturated heterocycles. The number of hydrogen-bond acceptors (Lipinski definition) is 8. The molecule has 1 aromatic carbocycles. The Hall–Kier alpha value is -3.42. The molecule has 8 nitrogen and oxygen atoms in total. The highest BCUT2D eigenvalue weighted by atomic mass is 16.5. The van der Waals surface area contributed by atoms with Crippen LogP contribution in [-0.4, -0.2) is 37.1 Å². The normalized spacial score (nSPS) is 23.3. The lowest BCUT2D eigenvalue weighted by molar-refractivity contribution is -0.143. The summed E-state index contributed by atoms with van der Waals surface area (Å²) < 4.78 is 21.5. The van der Waals surface area contributed by atoms with Gasteiger partial charge in [-0.1, -0.05) is 13.2 Å². The van der Waals surface area contributed by atoms with Gasteiger partial charge in [-0.3, -0.25) is 9.59 Å². The molecule has 2 fully saturated rings. The van der Waals surface area contributed by atoms with Crippen molar-refractivity contribution in [2.45, 2.75) is 58.3 Å². The average molecular weight is 513 g/mol. The highest BCUT2D eigenvalue weighted by Crippen LogP contribution is 2.33. The first-order valence-electron chi connectivity index (χ1n) is 12.9. The Balaban J connectivity index is 1.42. The van der Waals surface area contributed by atoms with E-state index in [9.17, 15) is 19.2 Å². The summed E-state index contributed by atoms with van der Waals surface area (Å²) in [5.41, 5.74) is 0.705. The maximum Gasteiger partial charge on any atom is 0.330 e. The van der Waals surface area contributed by atoms with Gasteiger partial charge in [-0.25, -0.2) is 9.59 Å². The molecular weight excluding hydrogens is 476 g/mol. The van der Waals surface area contributed by atoms with Crippen molar-refractivity contribution >= 4 is 23.9 Å². The molecule has 0 bridgehead atoms. The Kier molecular flexibility index (Phi) is 10.5. The van der Waals surface area contributed by atoms with Gasteiger partial charge >= 0.3 is 23.9 Å². The van der Waals surface area contributed by atoms with Crippen molar-refractivity contribution in [1.29, 1.82) is 0 Å². The molecule has 0 aromatic heterocycles. The number of aryl methyl sites for hydroxylation is 1. The zero-order valence-corrected chi connectivity index (χ0v) is 21.4. The van der Waals surface area contributed by atoms with Crippen LogP contribution in [0.2, 0.25) is 0 Å². The Labute approximate surface area is 218 Å². The molecule has 0 aliphatic heterocycles. The van der Waals surface area contributed by atoms with Crippen molar-refractivity contribution in [3.8, 4) is 11.5 Å². The third-order valence-corrected chi connectivity index (χ3v) is 7.19. The predicted molar refractivity (Wildman–Crippen MR) is 136 cm³/mol. The van der Waals surface area contributed by atoms with Crippen LogP contribution < -0.4 is 9.47 Å². The van der Waals surface area contributed by atoms with E-state index in [4.69, 9.17) is 18.9 Å². The molecule has 200 valence electrons. The molecule has 37 heavy (non-hydrogen) atoms. The van der Waals surface area contributed by atoms with Crippen LogP contribution in [0.5, 0.6) is 11.5 Å². The van der Waals surface area contributed by atoms with Gasteiger partial charge in [0.05, 0.1) is 25.0 Å². The van der Waals surface area contributed by atoms with Crippen LogP contribution >= 0.6 is 0 Å². The summed E-state index contributed by atoms with van der Waals surface area (Å²) in [5.74, 6) is -0.448. The largest absolute Gasteiger partial charge is 0.462 e. The van der Waals surface area contributed by atoms with Crippen LogP contribution in [0.4, 0.5) is 0 Å². The van der Waals surface area contributed by atoms with E-state index in [1.54, 1.807) is 25.1 Å². The van der Waals surface area contributed by atoms with Gasteiger partial charge in [-0.05, 0) is 93.9 Å². The molecule has 0 radical (unpaired) electrons. The number of carbonyl (C=O) groups is 4. The quantitative estimate of drug-likeness (QED) is 0.248. The molecule has 2 aliphatic rings. The average Bonchev–Trinajstić information content (AvgIpc) is 2.92. The topological polar surface area (TPSA) is 105 Å². The van der Waals surface area contributed by atoms with Crippen molar-refractivity contribution in [3.05, 3.63) is 49.1 Å². The van der Waals surface area contributed by atoms with Crippen LogP contribution in [0.25, 0.3) is 0 Å². The fourth-order valence-corrected chi connectivity index (χ4v) is 4.84. The molecular formula is C29H36O8. The highest BCUT2D eigenvalue weighted by Gasteiger charge is 2.30. The summed E-state index contributed by atoms with van der Waals surface area (Å²) in [6.45, 7) is 9.27. The second-order valence-corrected chi connectivity index (χ2v) is 9.87. The van der Waals surface area contributed by atoms with Crippen molar-refractivity contribution in [3.63, 3.8) is 0 Å². The second-order valence-electron chi connectivity index (χ2n) is 9.87. The Morgan fingerprint density at radius 1 is 0.757 bits per heavy atom. The first-order valence-corrected chi connectivity index (χ1v) is 12.9. The van der Waals surface area contributed by atoms with Crippen LogP contribution in [0.1, 0.15) is 56.9 Å².